The van der Waals surface area contributed by atoms with Gasteiger partial charge in [0.1, 0.15) is 17.4 Å². The molecule has 4 aromatic rings. The summed E-state index contributed by atoms with van der Waals surface area (Å²) in [5.41, 5.74) is 9.64. The number of carbonyl (C=O) groups excluding carboxylic acids is 1. The Morgan fingerprint density at radius 3 is 2.77 bits per heavy atom. The molecule has 1 unspecified atom stereocenters. The zero-order valence-corrected chi connectivity index (χ0v) is 17.6. The fourth-order valence-electron chi connectivity index (χ4n) is 4.26. The summed E-state index contributed by atoms with van der Waals surface area (Å²) in [6.07, 6.45) is 5.48. The number of ether oxygens (including phenoxy) is 1. The van der Waals surface area contributed by atoms with Gasteiger partial charge in [-0.1, -0.05) is 6.07 Å². The maximum atomic E-state index is 13.1. The van der Waals surface area contributed by atoms with E-state index in [1.807, 2.05) is 42.3 Å². The molecule has 1 saturated heterocycles. The number of amides is 1. The number of methoxy groups -OCH3 is 1. The largest absolute Gasteiger partial charge is 0.383 e. The average Bonchev–Trinajstić information content (AvgIpc) is 3.49. The lowest BCUT2D eigenvalue weighted by atomic mass is 10.1. The van der Waals surface area contributed by atoms with Crippen molar-refractivity contribution < 1.29 is 9.53 Å². The van der Waals surface area contributed by atoms with Gasteiger partial charge in [-0.25, -0.2) is 4.98 Å². The van der Waals surface area contributed by atoms with Crippen LogP contribution in [0.3, 0.4) is 0 Å². The first-order valence-electron chi connectivity index (χ1n) is 10.4. The fraction of sp³-hybridized carbons (Fsp3) is 0.364. The van der Waals surface area contributed by atoms with Crippen LogP contribution in [0.25, 0.3) is 33.1 Å². The first-order chi connectivity index (χ1) is 15.0. The van der Waals surface area contributed by atoms with Gasteiger partial charge in [-0.05, 0) is 38.0 Å². The highest BCUT2D eigenvalue weighted by molar-refractivity contribution is 6.08. The van der Waals surface area contributed by atoms with E-state index in [4.69, 9.17) is 15.6 Å². The van der Waals surface area contributed by atoms with E-state index in [-0.39, 0.29) is 12.0 Å². The predicted octanol–water partition coefficient (Wildman–Crippen LogP) is 2.76. The molecule has 1 aliphatic heterocycles. The molecule has 3 N–H and O–H groups in total. The van der Waals surface area contributed by atoms with Gasteiger partial charge in [-0.2, -0.15) is 10.2 Å². The van der Waals surface area contributed by atoms with Crippen LogP contribution < -0.4 is 5.73 Å². The third kappa shape index (κ3) is 3.40. The summed E-state index contributed by atoms with van der Waals surface area (Å²) < 4.78 is 7.11. The Hall–Kier alpha value is -3.46. The number of hydrogen-bond donors (Lipinski definition) is 2. The van der Waals surface area contributed by atoms with Crippen molar-refractivity contribution in [1.29, 1.82) is 0 Å². The Kier molecular flexibility index (Phi) is 4.82. The van der Waals surface area contributed by atoms with Gasteiger partial charge in [0.25, 0.3) is 0 Å². The van der Waals surface area contributed by atoms with Gasteiger partial charge in [0.15, 0.2) is 0 Å². The topological polar surface area (TPSA) is 115 Å². The van der Waals surface area contributed by atoms with Crippen LogP contribution >= 0.6 is 0 Å². The quantitative estimate of drug-likeness (QED) is 0.526. The van der Waals surface area contributed by atoms with Crippen LogP contribution in [0.1, 0.15) is 25.8 Å². The number of likely N-dealkylation sites (tertiary alicyclic amines) is 1. The maximum absolute atomic E-state index is 13.1. The standard InChI is InChI=1S/C22H25N7O2/c1-13(22(30)28-9-6-15(31-2)7-10-28)29-12-17-20(27-29)16-4-3-14(18-5-8-24-26-18)11-19(16)25-21(17)23/h3-5,8,11-13,15H,6-7,9-10H2,1-2H3,(H2,23,25)(H,24,26). The number of pyridine rings is 1. The Bertz CT molecular complexity index is 1240. The second kappa shape index (κ2) is 7.66. The number of nitrogens with one attached hydrogen (secondary N) is 1. The third-order valence-corrected chi connectivity index (χ3v) is 6.15. The highest BCUT2D eigenvalue weighted by Gasteiger charge is 2.27. The SMILES string of the molecule is COC1CCN(C(=O)C(C)n2cc3c(N)nc4cc(-c5ccn[nH]5)ccc4c3n2)CC1. The molecule has 9 heteroatoms. The van der Waals surface area contributed by atoms with E-state index in [0.29, 0.717) is 18.9 Å². The van der Waals surface area contributed by atoms with Gasteiger partial charge in [0.05, 0.1) is 22.7 Å². The highest BCUT2D eigenvalue weighted by Crippen LogP contribution is 2.31. The molecule has 0 aliphatic carbocycles. The van der Waals surface area contributed by atoms with E-state index in [1.165, 1.54) is 0 Å². The molecule has 0 bridgehead atoms. The number of benzene rings is 1. The lowest BCUT2D eigenvalue weighted by Gasteiger charge is -2.32. The molecule has 0 saturated carbocycles. The molecule has 0 spiro atoms. The molecule has 1 fully saturated rings. The van der Waals surface area contributed by atoms with Gasteiger partial charge >= 0.3 is 0 Å². The molecule has 9 nitrogen and oxygen atoms in total. The summed E-state index contributed by atoms with van der Waals surface area (Å²) in [4.78, 5) is 19.5. The minimum Gasteiger partial charge on any atom is -0.383 e. The second-order valence-corrected chi connectivity index (χ2v) is 8.01. The first kappa shape index (κ1) is 19.5. The summed E-state index contributed by atoms with van der Waals surface area (Å²) in [6, 6.07) is 7.43. The molecule has 0 radical (unpaired) electrons. The zero-order chi connectivity index (χ0) is 21.5. The lowest BCUT2D eigenvalue weighted by Crippen LogP contribution is -2.43. The van der Waals surface area contributed by atoms with Crippen molar-refractivity contribution in [3.63, 3.8) is 0 Å². The minimum absolute atomic E-state index is 0.0553. The molecular weight excluding hydrogens is 394 g/mol. The number of piperidine rings is 1. The monoisotopic (exact) mass is 419 g/mol. The fourth-order valence-corrected chi connectivity index (χ4v) is 4.26. The number of hydrogen-bond acceptors (Lipinski definition) is 6. The summed E-state index contributed by atoms with van der Waals surface area (Å²) in [5.74, 6) is 0.454. The van der Waals surface area contributed by atoms with Crippen LogP contribution in [0.15, 0.2) is 36.7 Å². The maximum Gasteiger partial charge on any atom is 0.247 e. The smallest absolute Gasteiger partial charge is 0.247 e. The van der Waals surface area contributed by atoms with Gasteiger partial charge in [0, 0.05) is 43.5 Å². The molecular formula is C22H25N7O2. The minimum atomic E-state index is -0.426. The Morgan fingerprint density at radius 1 is 1.26 bits per heavy atom. The summed E-state index contributed by atoms with van der Waals surface area (Å²) in [7, 11) is 1.72. The summed E-state index contributed by atoms with van der Waals surface area (Å²) >= 11 is 0. The number of aromatic nitrogens is 5. The van der Waals surface area contributed by atoms with Crippen LogP contribution in [0.5, 0.6) is 0 Å². The molecule has 160 valence electrons. The van der Waals surface area contributed by atoms with Crippen molar-refractivity contribution in [3.05, 3.63) is 36.7 Å². The number of nitrogens with two attached hydrogens (primary N) is 1. The Morgan fingerprint density at radius 2 is 2.06 bits per heavy atom. The van der Waals surface area contributed by atoms with Crippen molar-refractivity contribution in [2.24, 2.45) is 0 Å². The van der Waals surface area contributed by atoms with Gasteiger partial charge in [0.2, 0.25) is 5.91 Å². The van der Waals surface area contributed by atoms with Crippen LogP contribution in [-0.2, 0) is 9.53 Å². The number of rotatable bonds is 4. The zero-order valence-electron chi connectivity index (χ0n) is 17.6. The van der Waals surface area contributed by atoms with Gasteiger partial charge in [-0.3, -0.25) is 14.6 Å². The molecule has 1 amide bonds. The van der Waals surface area contributed by atoms with Crippen LogP contribution in [0.4, 0.5) is 5.82 Å². The Balaban J connectivity index is 1.48. The normalized spacial score (nSPS) is 16.3. The van der Waals surface area contributed by atoms with Gasteiger partial charge in [-0.15, -0.1) is 0 Å². The lowest BCUT2D eigenvalue weighted by molar-refractivity contribution is -0.136. The predicted molar refractivity (Wildman–Crippen MR) is 118 cm³/mol. The first-order valence-corrected chi connectivity index (χ1v) is 10.4. The van der Waals surface area contributed by atoms with Crippen molar-refractivity contribution in [1.82, 2.24) is 29.9 Å². The van der Waals surface area contributed by atoms with E-state index < -0.39 is 6.04 Å². The van der Waals surface area contributed by atoms with Crippen molar-refractivity contribution in [2.45, 2.75) is 31.9 Å². The average molecular weight is 419 g/mol. The van der Waals surface area contributed by atoms with Crippen LogP contribution in [0, 0.1) is 0 Å². The molecule has 31 heavy (non-hydrogen) atoms. The second-order valence-electron chi connectivity index (χ2n) is 8.01. The number of anilines is 1. The van der Waals surface area contributed by atoms with Crippen molar-refractivity contribution in [3.8, 4) is 11.3 Å². The Labute approximate surface area is 179 Å². The van der Waals surface area contributed by atoms with E-state index >= 15 is 0 Å². The number of aromatic amines is 1. The number of H-pyrrole nitrogens is 1. The molecule has 1 aliphatic rings. The molecule has 4 heterocycles. The van der Waals surface area contributed by atoms with Crippen molar-refractivity contribution in [2.75, 3.05) is 25.9 Å². The molecule has 1 aromatic carbocycles. The highest BCUT2D eigenvalue weighted by atomic mass is 16.5. The van der Waals surface area contributed by atoms with E-state index in [2.05, 4.69) is 15.2 Å². The van der Waals surface area contributed by atoms with Crippen molar-refractivity contribution >= 4 is 33.5 Å². The number of carbonyl (C=O) groups is 1. The van der Waals surface area contributed by atoms with E-state index in [0.717, 1.165) is 45.9 Å². The molecule has 5 rings (SSSR count). The van der Waals surface area contributed by atoms with E-state index in [1.54, 1.807) is 18.0 Å². The van der Waals surface area contributed by atoms with Gasteiger partial charge < -0.3 is 15.4 Å². The number of nitrogen functional groups attached to an aromatic ring is 1. The molecule has 3 aromatic heterocycles. The van der Waals surface area contributed by atoms with Crippen LogP contribution in [0.2, 0.25) is 0 Å². The number of fused-ring (bicyclic) bond motifs is 3. The summed E-state index contributed by atoms with van der Waals surface area (Å²) in [5, 5.41) is 13.4. The summed E-state index contributed by atoms with van der Waals surface area (Å²) in [6.45, 7) is 3.27. The third-order valence-electron chi connectivity index (χ3n) is 6.15. The van der Waals surface area contributed by atoms with Crippen LogP contribution in [-0.4, -0.2) is 62.1 Å². The number of nitrogens with zero attached hydrogens (tertiary/aromatic N) is 5. The molecule has 1 atom stereocenters. The van der Waals surface area contributed by atoms with E-state index in [9.17, 15) is 4.79 Å².